The fraction of sp³-hybridized carbons (Fsp3) is 0.944. The van der Waals surface area contributed by atoms with Gasteiger partial charge in [-0.3, -0.25) is 37.3 Å². The van der Waals surface area contributed by atoms with Gasteiger partial charge < -0.3 is 33.8 Å². The molecule has 0 aliphatic carbocycles. The van der Waals surface area contributed by atoms with Gasteiger partial charge in [0.2, 0.25) is 0 Å². The molecule has 0 aliphatic rings. The first-order valence-electron chi connectivity index (χ1n) is 37.5. The van der Waals surface area contributed by atoms with Gasteiger partial charge in [0.05, 0.1) is 26.4 Å². The average Bonchev–Trinajstić information content (AvgIpc) is 3.42. The molecule has 0 saturated heterocycles. The molecule has 5 atom stereocenters. The second kappa shape index (κ2) is 64.1. The van der Waals surface area contributed by atoms with E-state index in [0.717, 1.165) is 102 Å². The normalized spacial score (nSPS) is 14.1. The predicted octanol–water partition coefficient (Wildman–Crippen LogP) is 20.8. The minimum Gasteiger partial charge on any atom is -0.462 e. The van der Waals surface area contributed by atoms with Crippen LogP contribution in [0.5, 0.6) is 0 Å². The number of unbranched alkanes of at least 4 members (excludes halogenated alkanes) is 41. The standard InChI is InChI=1S/C72H140O17P2/c1-7-9-11-13-15-17-19-26-30-36-42-48-54-69(74)82-60-67(88-72(77)57-51-45-38-32-28-24-22-21-23-25-29-34-40-46-52-64(3)4)62-86-90(78,79)84-58-66(73)59-85-91(80,81)87-63-68(61-83-70(75)55-49-43-39-33-35-41-47-53-65(5)6)89-71(76)56-50-44-37-31-27-20-18-16-14-12-10-8-2/h64-68,73H,7-63H2,1-6H3,(H,78,79)(H,80,81)/t66-,67-,68-/m1/s1. The van der Waals surface area contributed by atoms with Crippen LogP contribution in [0.1, 0.15) is 369 Å². The Morgan fingerprint density at radius 2 is 0.505 bits per heavy atom. The Bertz CT molecular complexity index is 1770. The van der Waals surface area contributed by atoms with E-state index in [2.05, 4.69) is 41.5 Å². The highest BCUT2D eigenvalue weighted by Crippen LogP contribution is 2.45. The maximum atomic E-state index is 13.0. The first kappa shape index (κ1) is 89.1. The lowest BCUT2D eigenvalue weighted by Crippen LogP contribution is -2.30. The molecule has 0 amide bonds. The predicted molar refractivity (Wildman–Crippen MR) is 368 cm³/mol. The summed E-state index contributed by atoms with van der Waals surface area (Å²) in [4.78, 5) is 72.6. The van der Waals surface area contributed by atoms with Crippen LogP contribution in [-0.2, 0) is 65.4 Å². The van der Waals surface area contributed by atoms with Crippen LogP contribution in [0.15, 0.2) is 0 Å². The van der Waals surface area contributed by atoms with Gasteiger partial charge in [-0.2, -0.15) is 0 Å². The summed E-state index contributed by atoms with van der Waals surface area (Å²) in [5, 5.41) is 10.6. The van der Waals surface area contributed by atoms with Crippen molar-refractivity contribution in [3.05, 3.63) is 0 Å². The number of esters is 4. The third kappa shape index (κ3) is 66.5. The van der Waals surface area contributed by atoms with Gasteiger partial charge in [0.25, 0.3) is 0 Å². The zero-order chi connectivity index (χ0) is 67.2. The molecule has 91 heavy (non-hydrogen) atoms. The molecule has 0 aromatic rings. The molecule has 0 aromatic heterocycles. The zero-order valence-electron chi connectivity index (χ0n) is 59.1. The monoisotopic (exact) mass is 1340 g/mol. The number of ether oxygens (including phenoxy) is 4. The number of aliphatic hydroxyl groups is 1. The summed E-state index contributed by atoms with van der Waals surface area (Å²) < 4.78 is 68.4. The Hall–Kier alpha value is -1.94. The van der Waals surface area contributed by atoms with E-state index in [9.17, 15) is 43.2 Å². The molecule has 19 heteroatoms. The Balaban J connectivity index is 5.24. The van der Waals surface area contributed by atoms with Gasteiger partial charge in [-0.15, -0.1) is 0 Å². The number of rotatable bonds is 71. The first-order chi connectivity index (χ1) is 43.9. The molecule has 0 radical (unpaired) electrons. The molecule has 0 saturated carbocycles. The van der Waals surface area contributed by atoms with Crippen LogP contribution >= 0.6 is 15.6 Å². The topological polar surface area (TPSA) is 237 Å². The van der Waals surface area contributed by atoms with Gasteiger partial charge in [-0.05, 0) is 37.5 Å². The summed E-state index contributed by atoms with van der Waals surface area (Å²) in [5.41, 5.74) is 0. The number of phosphoric ester groups is 2. The second-order valence-corrected chi connectivity index (χ2v) is 29.8. The third-order valence-corrected chi connectivity index (χ3v) is 18.6. The number of hydrogen-bond acceptors (Lipinski definition) is 15. The lowest BCUT2D eigenvalue weighted by atomic mass is 10.0. The molecule has 17 nitrogen and oxygen atoms in total. The van der Waals surface area contributed by atoms with E-state index in [4.69, 9.17) is 37.0 Å². The molecule has 540 valence electrons. The Kier molecular flexibility index (Phi) is 62.7. The molecule has 0 rings (SSSR count). The van der Waals surface area contributed by atoms with E-state index in [1.165, 1.54) is 180 Å². The van der Waals surface area contributed by atoms with Crippen molar-refractivity contribution >= 4 is 39.5 Å². The quantitative estimate of drug-likeness (QED) is 0.0222. The van der Waals surface area contributed by atoms with Crippen molar-refractivity contribution in [3.8, 4) is 0 Å². The molecule has 0 heterocycles. The molecule has 3 N–H and O–H groups in total. The highest BCUT2D eigenvalue weighted by molar-refractivity contribution is 7.47. The van der Waals surface area contributed by atoms with Crippen molar-refractivity contribution in [3.63, 3.8) is 0 Å². The second-order valence-electron chi connectivity index (χ2n) is 26.9. The van der Waals surface area contributed by atoms with Crippen molar-refractivity contribution in [1.82, 2.24) is 0 Å². The van der Waals surface area contributed by atoms with Crippen LogP contribution in [0.25, 0.3) is 0 Å². The summed E-state index contributed by atoms with van der Waals surface area (Å²) in [6, 6.07) is 0. The van der Waals surface area contributed by atoms with Crippen molar-refractivity contribution in [2.24, 2.45) is 11.8 Å². The SMILES string of the molecule is CCCCCCCCCCCCCCC(=O)OC[C@H](COP(=O)(O)OC[C@@H](O)COP(=O)(O)OC[C@@H](COC(=O)CCCCCCCCCC(C)C)OC(=O)CCCCCCCCCCCCCC)OC(=O)CCCCCCCCCCCCCCCCC(C)C. The average molecular weight is 1340 g/mol. The van der Waals surface area contributed by atoms with Crippen LogP contribution in [0, 0.1) is 11.8 Å². The summed E-state index contributed by atoms with van der Waals surface area (Å²) in [6.45, 7) is 9.53. The van der Waals surface area contributed by atoms with E-state index in [0.29, 0.717) is 31.6 Å². The van der Waals surface area contributed by atoms with Gasteiger partial charge in [-0.25, -0.2) is 9.13 Å². The first-order valence-corrected chi connectivity index (χ1v) is 40.5. The number of aliphatic hydroxyl groups excluding tert-OH is 1. The number of carbonyl (C=O) groups is 4. The van der Waals surface area contributed by atoms with Crippen LogP contribution in [-0.4, -0.2) is 96.7 Å². The van der Waals surface area contributed by atoms with E-state index < -0.39 is 97.5 Å². The highest BCUT2D eigenvalue weighted by Gasteiger charge is 2.30. The van der Waals surface area contributed by atoms with E-state index in [1.807, 2.05) is 0 Å². The van der Waals surface area contributed by atoms with Crippen LogP contribution in [0.4, 0.5) is 0 Å². The van der Waals surface area contributed by atoms with Crippen molar-refractivity contribution in [1.29, 1.82) is 0 Å². The number of hydrogen-bond donors (Lipinski definition) is 3. The molecule has 0 bridgehead atoms. The number of carbonyl (C=O) groups excluding carboxylic acids is 4. The Labute approximate surface area is 556 Å². The van der Waals surface area contributed by atoms with Gasteiger partial charge in [0.1, 0.15) is 19.3 Å². The summed E-state index contributed by atoms with van der Waals surface area (Å²) >= 11 is 0. The van der Waals surface area contributed by atoms with E-state index in [1.54, 1.807) is 0 Å². The van der Waals surface area contributed by atoms with Gasteiger partial charge in [-0.1, -0.05) is 318 Å². The maximum absolute atomic E-state index is 13.0. The van der Waals surface area contributed by atoms with Gasteiger partial charge in [0, 0.05) is 25.7 Å². The van der Waals surface area contributed by atoms with E-state index in [-0.39, 0.29) is 25.7 Å². The molecule has 0 aromatic carbocycles. The van der Waals surface area contributed by atoms with Crippen molar-refractivity contribution in [2.45, 2.75) is 387 Å². The molecular formula is C72H140O17P2. The largest absolute Gasteiger partial charge is 0.472 e. The highest BCUT2D eigenvalue weighted by atomic mass is 31.2. The van der Waals surface area contributed by atoms with E-state index >= 15 is 0 Å². The number of phosphoric acid groups is 2. The lowest BCUT2D eigenvalue weighted by Gasteiger charge is -2.21. The molecule has 0 spiro atoms. The van der Waals surface area contributed by atoms with Gasteiger partial charge >= 0.3 is 39.5 Å². The zero-order valence-corrected chi connectivity index (χ0v) is 60.9. The van der Waals surface area contributed by atoms with Crippen LogP contribution in [0.3, 0.4) is 0 Å². The minimum absolute atomic E-state index is 0.107. The Morgan fingerprint density at radius 3 is 0.747 bits per heavy atom. The third-order valence-electron chi connectivity index (χ3n) is 16.7. The molecular weight excluding hydrogens is 1200 g/mol. The maximum Gasteiger partial charge on any atom is 0.472 e. The summed E-state index contributed by atoms with van der Waals surface area (Å²) in [7, 11) is -9.90. The molecule has 2 unspecified atom stereocenters. The Morgan fingerprint density at radius 1 is 0.297 bits per heavy atom. The van der Waals surface area contributed by atoms with Crippen LogP contribution in [0.2, 0.25) is 0 Å². The fourth-order valence-electron chi connectivity index (χ4n) is 10.9. The molecule has 0 fully saturated rings. The van der Waals surface area contributed by atoms with Crippen LogP contribution < -0.4 is 0 Å². The summed E-state index contributed by atoms with van der Waals surface area (Å²) in [6.07, 6.45) is 49.9. The molecule has 0 aliphatic heterocycles. The lowest BCUT2D eigenvalue weighted by molar-refractivity contribution is -0.161. The minimum atomic E-state index is -4.95. The van der Waals surface area contributed by atoms with Crippen molar-refractivity contribution < 1.29 is 80.2 Å². The fourth-order valence-corrected chi connectivity index (χ4v) is 12.5. The smallest absolute Gasteiger partial charge is 0.462 e. The summed E-state index contributed by atoms with van der Waals surface area (Å²) in [5.74, 6) is -0.620. The van der Waals surface area contributed by atoms with Gasteiger partial charge in [0.15, 0.2) is 12.2 Å². The van der Waals surface area contributed by atoms with Crippen molar-refractivity contribution in [2.75, 3.05) is 39.6 Å².